The Morgan fingerprint density at radius 2 is 1.78 bits per heavy atom. The Hall–Kier alpha value is -4.17. The molecule has 2 aromatic heterocycles. The highest BCUT2D eigenvalue weighted by molar-refractivity contribution is 7.80. The molecule has 8 heteroatoms. The molecule has 1 saturated heterocycles. The number of pyridine rings is 1. The Morgan fingerprint density at radius 3 is 2.44 bits per heavy atom. The van der Waals surface area contributed by atoms with Crippen LogP contribution in [0.5, 0.6) is 5.75 Å². The van der Waals surface area contributed by atoms with Crippen LogP contribution < -0.4 is 10.2 Å². The van der Waals surface area contributed by atoms with Crippen LogP contribution in [-0.2, 0) is 0 Å². The van der Waals surface area contributed by atoms with Crippen LogP contribution in [0.2, 0.25) is 0 Å². The molecule has 0 spiro atoms. The van der Waals surface area contributed by atoms with E-state index in [0.717, 1.165) is 39.6 Å². The molecule has 7 nitrogen and oxygen atoms in total. The number of phenolic OH excluding ortho intramolecular Hbond substituents is 1. The van der Waals surface area contributed by atoms with E-state index >= 15 is 0 Å². The standard InChI is InChI=1S/C28H26N4O3S/c1-16-7-8-19(27(34)35)15-24(16)31-17(2)14-22(18(31)3)26-25(23-6-4-5-13-29-23)30-28(36)32(26)20-9-11-21(33)12-10-20/h4-15,25-26,33H,1-3H3,(H,30,36)(H,34,35)/t25-,26+/m0/s1. The molecule has 36 heavy (non-hydrogen) atoms. The predicted octanol–water partition coefficient (Wildman–Crippen LogP) is 5.38. The number of aromatic nitrogens is 2. The first kappa shape index (κ1) is 23.6. The van der Waals surface area contributed by atoms with E-state index in [4.69, 9.17) is 12.2 Å². The van der Waals surface area contributed by atoms with Crippen LogP contribution in [0, 0.1) is 20.8 Å². The molecule has 2 aromatic carbocycles. The van der Waals surface area contributed by atoms with Gasteiger partial charge in [-0.25, -0.2) is 4.79 Å². The lowest BCUT2D eigenvalue weighted by Gasteiger charge is -2.28. The van der Waals surface area contributed by atoms with Crippen LogP contribution in [0.15, 0.2) is 72.9 Å². The third kappa shape index (κ3) is 3.99. The number of nitrogens with one attached hydrogen (secondary N) is 1. The maximum atomic E-state index is 11.7. The Bertz CT molecular complexity index is 1460. The van der Waals surface area contributed by atoms with Crippen molar-refractivity contribution in [3.8, 4) is 11.4 Å². The number of benzene rings is 2. The van der Waals surface area contributed by atoms with E-state index in [0.29, 0.717) is 5.11 Å². The van der Waals surface area contributed by atoms with Crippen molar-refractivity contribution in [2.45, 2.75) is 32.9 Å². The number of carboxylic acids is 1. The first-order chi connectivity index (χ1) is 17.3. The first-order valence-corrected chi connectivity index (χ1v) is 12.0. The third-order valence-electron chi connectivity index (χ3n) is 6.71. The molecule has 1 aliphatic heterocycles. The summed E-state index contributed by atoms with van der Waals surface area (Å²) in [6.07, 6.45) is 1.77. The van der Waals surface area contributed by atoms with Gasteiger partial charge in [0.15, 0.2) is 5.11 Å². The quantitative estimate of drug-likeness (QED) is 0.318. The molecule has 1 fully saturated rings. The summed E-state index contributed by atoms with van der Waals surface area (Å²) in [4.78, 5) is 18.3. The summed E-state index contributed by atoms with van der Waals surface area (Å²) >= 11 is 5.80. The lowest BCUT2D eigenvalue weighted by atomic mass is 9.96. The van der Waals surface area contributed by atoms with Crippen LogP contribution in [0.3, 0.4) is 0 Å². The molecular formula is C28H26N4O3S. The summed E-state index contributed by atoms with van der Waals surface area (Å²) in [5, 5.41) is 23.4. The molecular weight excluding hydrogens is 472 g/mol. The van der Waals surface area contributed by atoms with Crippen LogP contribution in [0.25, 0.3) is 5.69 Å². The van der Waals surface area contributed by atoms with E-state index in [9.17, 15) is 15.0 Å². The van der Waals surface area contributed by atoms with Crippen LogP contribution in [-0.4, -0.2) is 30.8 Å². The van der Waals surface area contributed by atoms with Crippen LogP contribution in [0.1, 0.15) is 50.7 Å². The molecule has 3 heterocycles. The largest absolute Gasteiger partial charge is 0.508 e. The number of nitrogens with zero attached hydrogens (tertiary/aromatic N) is 3. The minimum absolute atomic E-state index is 0.182. The zero-order chi connectivity index (χ0) is 25.6. The SMILES string of the molecule is Cc1ccc(C(=O)O)cc1-n1c(C)cc([C@@H]2[C@H](c3ccccn3)NC(=S)N2c2ccc(O)cc2)c1C. The van der Waals surface area contributed by atoms with Crippen LogP contribution >= 0.6 is 12.2 Å². The fraction of sp³-hybridized carbons (Fsp3) is 0.179. The average molecular weight is 499 g/mol. The van der Waals surface area contributed by atoms with Gasteiger partial charge in [-0.3, -0.25) is 4.98 Å². The smallest absolute Gasteiger partial charge is 0.335 e. The predicted molar refractivity (Wildman–Crippen MR) is 143 cm³/mol. The van der Waals surface area contributed by atoms with Crippen molar-refractivity contribution in [1.29, 1.82) is 0 Å². The van der Waals surface area contributed by atoms with Gasteiger partial charge >= 0.3 is 5.97 Å². The highest BCUT2D eigenvalue weighted by Gasteiger charge is 2.42. The topological polar surface area (TPSA) is 90.6 Å². The minimum atomic E-state index is -0.960. The van der Waals surface area contributed by atoms with E-state index in [-0.39, 0.29) is 23.4 Å². The summed E-state index contributed by atoms with van der Waals surface area (Å²) in [6, 6.07) is 19.7. The number of hydrogen-bond acceptors (Lipinski definition) is 4. The van der Waals surface area contributed by atoms with Gasteiger partial charge in [-0.1, -0.05) is 12.1 Å². The van der Waals surface area contributed by atoms with E-state index in [1.807, 2.05) is 57.2 Å². The van der Waals surface area contributed by atoms with E-state index < -0.39 is 5.97 Å². The Balaban J connectivity index is 1.69. The molecule has 2 atom stereocenters. The zero-order valence-electron chi connectivity index (χ0n) is 20.1. The number of thiocarbonyl (C=S) groups is 1. The van der Waals surface area contributed by atoms with E-state index in [2.05, 4.69) is 25.8 Å². The summed E-state index contributed by atoms with van der Waals surface area (Å²) < 4.78 is 2.10. The van der Waals surface area contributed by atoms with Crippen molar-refractivity contribution in [2.75, 3.05) is 4.90 Å². The van der Waals surface area contributed by atoms with Crippen LogP contribution in [0.4, 0.5) is 5.69 Å². The fourth-order valence-corrected chi connectivity index (χ4v) is 5.35. The molecule has 0 aliphatic carbocycles. The maximum absolute atomic E-state index is 11.7. The Kier molecular flexibility index (Phi) is 5.97. The second-order valence-corrected chi connectivity index (χ2v) is 9.37. The van der Waals surface area contributed by atoms with Gasteiger partial charge in [0.1, 0.15) is 5.75 Å². The molecule has 4 aromatic rings. The molecule has 3 N–H and O–H groups in total. The normalized spacial score (nSPS) is 17.3. The van der Waals surface area contributed by atoms with Gasteiger partial charge < -0.3 is 25.0 Å². The second kappa shape index (κ2) is 9.13. The summed E-state index contributed by atoms with van der Waals surface area (Å²) in [5.41, 5.74) is 6.77. The molecule has 1 aliphatic rings. The summed E-state index contributed by atoms with van der Waals surface area (Å²) in [7, 11) is 0. The minimum Gasteiger partial charge on any atom is -0.508 e. The fourth-order valence-electron chi connectivity index (χ4n) is 5.00. The number of carbonyl (C=O) groups is 1. The number of hydrogen-bond donors (Lipinski definition) is 3. The molecule has 0 saturated carbocycles. The molecule has 0 amide bonds. The van der Waals surface area contributed by atoms with E-state index in [1.165, 1.54) is 0 Å². The van der Waals surface area contributed by atoms with E-state index in [1.54, 1.807) is 30.5 Å². The van der Waals surface area contributed by atoms with Crippen molar-refractivity contribution in [2.24, 2.45) is 0 Å². The van der Waals surface area contributed by atoms with Gasteiger partial charge in [-0.2, -0.15) is 0 Å². The number of rotatable bonds is 5. The lowest BCUT2D eigenvalue weighted by molar-refractivity contribution is 0.0697. The second-order valence-electron chi connectivity index (χ2n) is 8.98. The van der Waals surface area contributed by atoms with Crippen molar-refractivity contribution >= 4 is 29.0 Å². The summed E-state index contributed by atoms with van der Waals surface area (Å²) in [5.74, 6) is -0.778. The molecule has 0 bridgehead atoms. The number of carboxylic acid groups (broad SMARTS) is 1. The maximum Gasteiger partial charge on any atom is 0.335 e. The van der Waals surface area contributed by atoms with Gasteiger partial charge in [0.25, 0.3) is 0 Å². The van der Waals surface area contributed by atoms with Crippen molar-refractivity contribution < 1.29 is 15.0 Å². The average Bonchev–Trinajstić information content (AvgIpc) is 3.35. The lowest BCUT2D eigenvalue weighted by Crippen LogP contribution is -2.29. The molecule has 182 valence electrons. The van der Waals surface area contributed by atoms with Gasteiger partial charge in [0, 0.05) is 29.0 Å². The number of phenols is 1. The first-order valence-electron chi connectivity index (χ1n) is 11.6. The number of anilines is 1. The number of aromatic hydroxyl groups is 1. The Morgan fingerprint density at radius 1 is 1.03 bits per heavy atom. The number of aromatic carboxylic acids is 1. The van der Waals surface area contributed by atoms with Gasteiger partial charge in [-0.15, -0.1) is 0 Å². The van der Waals surface area contributed by atoms with Crippen molar-refractivity contribution in [3.05, 3.63) is 107 Å². The van der Waals surface area contributed by atoms with Crippen molar-refractivity contribution in [1.82, 2.24) is 14.9 Å². The number of aryl methyl sites for hydroxylation is 2. The van der Waals surface area contributed by atoms with Gasteiger partial charge in [0.2, 0.25) is 0 Å². The third-order valence-corrected chi connectivity index (χ3v) is 7.03. The van der Waals surface area contributed by atoms with Gasteiger partial charge in [-0.05, 0) is 98.7 Å². The Labute approximate surface area is 214 Å². The molecule has 0 radical (unpaired) electrons. The van der Waals surface area contributed by atoms with Crippen molar-refractivity contribution in [3.63, 3.8) is 0 Å². The highest BCUT2D eigenvalue weighted by Crippen LogP contribution is 2.44. The highest BCUT2D eigenvalue weighted by atomic mass is 32.1. The molecule has 0 unspecified atom stereocenters. The molecule has 5 rings (SSSR count). The zero-order valence-corrected chi connectivity index (χ0v) is 21.0. The summed E-state index contributed by atoms with van der Waals surface area (Å²) in [6.45, 7) is 6.04. The van der Waals surface area contributed by atoms with Gasteiger partial charge in [0.05, 0.1) is 23.3 Å². The monoisotopic (exact) mass is 498 g/mol.